The van der Waals surface area contributed by atoms with E-state index in [1.54, 1.807) is 22.7 Å². The Bertz CT molecular complexity index is 1050. The van der Waals surface area contributed by atoms with Crippen LogP contribution in [0.3, 0.4) is 0 Å². The SMILES string of the molecule is C[C@@]12CCC(=O)N1[C@H](C(=O)OCC(=O)c1ccc3c(c1)-c1ccccc1C3)CS2. The minimum absolute atomic E-state index is 0.0111. The molecule has 148 valence electrons. The van der Waals surface area contributed by atoms with E-state index in [4.69, 9.17) is 4.74 Å². The highest BCUT2D eigenvalue weighted by Gasteiger charge is 2.53. The van der Waals surface area contributed by atoms with Gasteiger partial charge in [-0.1, -0.05) is 36.4 Å². The third-order valence-corrected chi connectivity index (χ3v) is 7.69. The number of esters is 1. The first-order valence-corrected chi connectivity index (χ1v) is 10.8. The molecule has 5 rings (SSSR count). The quantitative estimate of drug-likeness (QED) is 0.490. The first kappa shape index (κ1) is 18.4. The van der Waals surface area contributed by atoms with Crippen LogP contribution < -0.4 is 0 Å². The predicted molar refractivity (Wildman–Crippen MR) is 111 cm³/mol. The molecule has 5 nitrogen and oxygen atoms in total. The summed E-state index contributed by atoms with van der Waals surface area (Å²) >= 11 is 1.61. The van der Waals surface area contributed by atoms with Crippen LogP contribution in [0.4, 0.5) is 0 Å². The molecular formula is C23H21NO4S. The van der Waals surface area contributed by atoms with Gasteiger partial charge in [0.15, 0.2) is 12.4 Å². The van der Waals surface area contributed by atoms with Gasteiger partial charge < -0.3 is 9.64 Å². The number of nitrogens with zero attached hydrogens (tertiary/aromatic N) is 1. The molecule has 2 fully saturated rings. The van der Waals surface area contributed by atoms with Crippen molar-refractivity contribution in [2.24, 2.45) is 0 Å². The van der Waals surface area contributed by atoms with Crippen molar-refractivity contribution in [2.75, 3.05) is 12.4 Å². The Balaban J connectivity index is 1.28. The molecule has 0 saturated carbocycles. The summed E-state index contributed by atoms with van der Waals surface area (Å²) in [6.07, 6.45) is 2.08. The summed E-state index contributed by atoms with van der Waals surface area (Å²) in [5, 5.41) is 0. The first-order valence-electron chi connectivity index (χ1n) is 9.83. The molecule has 2 aliphatic heterocycles. The highest BCUT2D eigenvalue weighted by Crippen LogP contribution is 2.47. The standard InChI is InChI=1S/C23H21NO4S/c1-23-9-8-21(26)24(23)19(13-29-23)22(27)28-12-20(25)16-7-6-15-10-14-4-2-3-5-17(14)18(15)11-16/h2-7,11,19H,8-10,12-13H2,1H3/t19-,23+/m0/s1. The van der Waals surface area contributed by atoms with Crippen LogP contribution in [0.2, 0.25) is 0 Å². The monoisotopic (exact) mass is 407 g/mol. The minimum Gasteiger partial charge on any atom is -0.456 e. The van der Waals surface area contributed by atoms with Crippen molar-refractivity contribution < 1.29 is 19.1 Å². The third kappa shape index (κ3) is 2.97. The fourth-order valence-corrected chi connectivity index (χ4v) is 6.03. The molecule has 29 heavy (non-hydrogen) atoms. The van der Waals surface area contributed by atoms with Gasteiger partial charge in [-0.3, -0.25) is 9.59 Å². The lowest BCUT2D eigenvalue weighted by Crippen LogP contribution is -2.46. The Morgan fingerprint density at radius 1 is 1.17 bits per heavy atom. The number of fused-ring (bicyclic) bond motifs is 4. The summed E-state index contributed by atoms with van der Waals surface area (Å²) in [5.74, 6) is -0.212. The fraction of sp³-hybridized carbons (Fsp3) is 0.348. The molecule has 2 saturated heterocycles. The van der Waals surface area contributed by atoms with E-state index in [1.807, 2.05) is 31.2 Å². The largest absolute Gasteiger partial charge is 0.456 e. The third-order valence-electron chi connectivity index (χ3n) is 6.18. The number of hydrogen-bond donors (Lipinski definition) is 0. The maximum atomic E-state index is 12.7. The van der Waals surface area contributed by atoms with E-state index in [2.05, 4.69) is 12.1 Å². The zero-order valence-corrected chi connectivity index (χ0v) is 17.0. The number of carbonyl (C=O) groups excluding carboxylic acids is 3. The van der Waals surface area contributed by atoms with Gasteiger partial charge in [0.05, 0.1) is 4.87 Å². The zero-order chi connectivity index (χ0) is 20.2. The zero-order valence-electron chi connectivity index (χ0n) is 16.1. The summed E-state index contributed by atoms with van der Waals surface area (Å²) in [6, 6.07) is 13.3. The number of rotatable bonds is 4. The van der Waals surface area contributed by atoms with Crippen LogP contribution in [0.5, 0.6) is 0 Å². The highest BCUT2D eigenvalue weighted by atomic mass is 32.2. The minimum atomic E-state index is -0.598. The van der Waals surface area contributed by atoms with Crippen molar-refractivity contribution >= 4 is 29.4 Å². The van der Waals surface area contributed by atoms with Gasteiger partial charge in [-0.2, -0.15) is 0 Å². The second-order valence-corrected chi connectivity index (χ2v) is 9.50. The molecule has 1 amide bonds. The molecule has 3 aliphatic rings. The van der Waals surface area contributed by atoms with E-state index < -0.39 is 12.0 Å². The summed E-state index contributed by atoms with van der Waals surface area (Å²) in [4.78, 5) is 38.8. The number of Topliss-reactive ketones (excluding diaryl/α,β-unsaturated/α-hetero) is 1. The van der Waals surface area contributed by atoms with Crippen LogP contribution in [0.1, 0.15) is 41.3 Å². The number of carbonyl (C=O) groups is 3. The van der Waals surface area contributed by atoms with Gasteiger partial charge in [-0.15, -0.1) is 11.8 Å². The van der Waals surface area contributed by atoms with E-state index in [9.17, 15) is 14.4 Å². The summed E-state index contributed by atoms with van der Waals surface area (Å²) in [7, 11) is 0. The normalized spacial score (nSPS) is 24.2. The maximum absolute atomic E-state index is 12.7. The van der Waals surface area contributed by atoms with Gasteiger partial charge >= 0.3 is 5.97 Å². The molecule has 0 unspecified atom stereocenters. The number of hydrogen-bond acceptors (Lipinski definition) is 5. The maximum Gasteiger partial charge on any atom is 0.330 e. The average molecular weight is 407 g/mol. The van der Waals surface area contributed by atoms with E-state index in [1.165, 1.54) is 11.1 Å². The fourth-order valence-electron chi connectivity index (χ4n) is 4.61. The van der Waals surface area contributed by atoms with Gasteiger partial charge in [0.2, 0.25) is 5.91 Å². The predicted octanol–water partition coefficient (Wildman–Crippen LogP) is 3.44. The van der Waals surface area contributed by atoms with E-state index in [0.717, 1.165) is 24.0 Å². The Morgan fingerprint density at radius 2 is 1.97 bits per heavy atom. The molecule has 2 atom stereocenters. The molecule has 2 heterocycles. The molecular weight excluding hydrogens is 386 g/mol. The van der Waals surface area contributed by atoms with Crippen molar-refractivity contribution in [3.8, 4) is 11.1 Å². The van der Waals surface area contributed by atoms with Crippen LogP contribution in [0.15, 0.2) is 42.5 Å². The number of ketones is 1. The number of ether oxygens (including phenoxy) is 1. The van der Waals surface area contributed by atoms with Crippen molar-refractivity contribution in [3.63, 3.8) is 0 Å². The molecule has 0 bridgehead atoms. The van der Waals surface area contributed by atoms with Crippen LogP contribution in [-0.2, 0) is 20.7 Å². The Hall–Kier alpha value is -2.60. The lowest BCUT2D eigenvalue weighted by Gasteiger charge is -2.29. The summed E-state index contributed by atoms with van der Waals surface area (Å²) in [5.41, 5.74) is 5.23. The van der Waals surface area contributed by atoms with Gasteiger partial charge in [-0.25, -0.2) is 4.79 Å². The molecule has 0 N–H and O–H groups in total. The van der Waals surface area contributed by atoms with Crippen LogP contribution in [-0.4, -0.2) is 45.8 Å². The second kappa shape index (κ2) is 6.73. The molecule has 6 heteroatoms. The van der Waals surface area contributed by atoms with Gasteiger partial charge in [0.1, 0.15) is 6.04 Å². The Labute approximate surface area is 173 Å². The van der Waals surface area contributed by atoms with Gasteiger partial charge in [0.25, 0.3) is 0 Å². The molecule has 2 aromatic carbocycles. The smallest absolute Gasteiger partial charge is 0.330 e. The summed E-state index contributed by atoms with van der Waals surface area (Å²) < 4.78 is 5.34. The van der Waals surface area contributed by atoms with E-state index in [-0.39, 0.29) is 23.2 Å². The van der Waals surface area contributed by atoms with Crippen molar-refractivity contribution in [2.45, 2.75) is 37.1 Å². The van der Waals surface area contributed by atoms with E-state index in [0.29, 0.717) is 17.7 Å². The van der Waals surface area contributed by atoms with Gasteiger partial charge in [0, 0.05) is 17.7 Å². The van der Waals surface area contributed by atoms with Gasteiger partial charge in [-0.05, 0) is 48.1 Å². The molecule has 0 aromatic heterocycles. The first-order chi connectivity index (χ1) is 14.0. The number of benzene rings is 2. The Kier molecular flexibility index (Phi) is 4.28. The lowest BCUT2D eigenvalue weighted by atomic mass is 10.0. The molecule has 2 aromatic rings. The molecule has 0 radical (unpaired) electrons. The summed E-state index contributed by atoms with van der Waals surface area (Å²) in [6.45, 7) is 1.68. The number of thioether (sulfide) groups is 1. The van der Waals surface area contributed by atoms with Crippen LogP contribution in [0, 0.1) is 0 Å². The molecule has 1 aliphatic carbocycles. The Morgan fingerprint density at radius 3 is 2.83 bits per heavy atom. The molecule has 0 spiro atoms. The average Bonchev–Trinajstić information content (AvgIpc) is 3.36. The van der Waals surface area contributed by atoms with E-state index >= 15 is 0 Å². The lowest BCUT2D eigenvalue weighted by molar-refractivity contribution is -0.152. The van der Waals surface area contributed by atoms with Crippen molar-refractivity contribution in [1.29, 1.82) is 0 Å². The number of amides is 1. The van der Waals surface area contributed by atoms with Crippen molar-refractivity contribution in [1.82, 2.24) is 4.90 Å². The second-order valence-electron chi connectivity index (χ2n) is 8.00. The van der Waals surface area contributed by atoms with Crippen molar-refractivity contribution in [3.05, 3.63) is 59.2 Å². The van der Waals surface area contributed by atoms with Crippen LogP contribution in [0.25, 0.3) is 11.1 Å². The van der Waals surface area contributed by atoms with Crippen LogP contribution >= 0.6 is 11.8 Å². The topological polar surface area (TPSA) is 63.7 Å². The highest BCUT2D eigenvalue weighted by molar-refractivity contribution is 8.01.